The van der Waals surface area contributed by atoms with Crippen LogP contribution in [0.3, 0.4) is 0 Å². The van der Waals surface area contributed by atoms with Crippen molar-refractivity contribution in [3.8, 4) is 0 Å². The number of aromatic amines is 1. The molecule has 1 heterocycles. The molecule has 0 radical (unpaired) electrons. The fourth-order valence-corrected chi connectivity index (χ4v) is 3.08. The number of nitrogens with zero attached hydrogens (tertiary/aromatic N) is 1. The quantitative estimate of drug-likeness (QED) is 0.723. The highest BCUT2D eigenvalue weighted by Gasteiger charge is 2.22. The van der Waals surface area contributed by atoms with E-state index in [1.165, 1.54) is 0 Å². The lowest BCUT2D eigenvalue weighted by Crippen LogP contribution is -2.30. The van der Waals surface area contributed by atoms with E-state index >= 15 is 0 Å². The van der Waals surface area contributed by atoms with E-state index in [0.29, 0.717) is 31.7 Å². The fraction of sp³-hybridized carbons (Fsp3) is 0.429. The summed E-state index contributed by atoms with van der Waals surface area (Å²) in [5, 5.41) is 0. The van der Waals surface area contributed by atoms with E-state index < -0.39 is 0 Å². The third-order valence-electron chi connectivity index (χ3n) is 4.40. The number of amides is 1. The molecule has 0 fully saturated rings. The van der Waals surface area contributed by atoms with Gasteiger partial charge in [-0.3, -0.25) is 4.79 Å². The van der Waals surface area contributed by atoms with Crippen LogP contribution in [0.1, 0.15) is 59.6 Å². The standard InChI is InChI=1S/C21H28N2O3/c1-5-10-19(24)23(13-17-11-8-7-9-12-17)14-18-15(3)20(16(4)22-18)21(25)26-6-2/h7-9,11-12,22H,5-6,10,13-14H2,1-4H3. The van der Waals surface area contributed by atoms with E-state index in [-0.39, 0.29) is 11.9 Å². The van der Waals surface area contributed by atoms with Crippen molar-refractivity contribution < 1.29 is 14.3 Å². The zero-order valence-electron chi connectivity index (χ0n) is 16.1. The maximum absolute atomic E-state index is 12.6. The van der Waals surface area contributed by atoms with Crippen molar-refractivity contribution in [1.82, 2.24) is 9.88 Å². The average Bonchev–Trinajstić information content (AvgIpc) is 2.89. The number of aryl methyl sites for hydroxylation is 1. The lowest BCUT2D eigenvalue weighted by atomic mass is 10.1. The van der Waals surface area contributed by atoms with Gasteiger partial charge in [-0.1, -0.05) is 37.3 Å². The van der Waals surface area contributed by atoms with Crippen molar-refractivity contribution in [2.75, 3.05) is 6.61 Å². The second-order valence-corrected chi connectivity index (χ2v) is 6.43. The SMILES string of the molecule is CCCC(=O)N(Cc1ccccc1)Cc1[nH]c(C)c(C(=O)OCC)c1C. The number of H-pyrrole nitrogens is 1. The highest BCUT2D eigenvalue weighted by Crippen LogP contribution is 2.21. The molecule has 1 aromatic heterocycles. The summed E-state index contributed by atoms with van der Waals surface area (Å²) in [4.78, 5) is 29.9. The number of benzene rings is 1. The molecule has 5 nitrogen and oxygen atoms in total. The molecule has 1 N–H and O–H groups in total. The monoisotopic (exact) mass is 356 g/mol. The maximum atomic E-state index is 12.6. The van der Waals surface area contributed by atoms with Crippen molar-refractivity contribution in [1.29, 1.82) is 0 Å². The maximum Gasteiger partial charge on any atom is 0.340 e. The van der Waals surface area contributed by atoms with Crippen LogP contribution in [-0.2, 0) is 22.6 Å². The predicted molar refractivity (Wildman–Crippen MR) is 102 cm³/mol. The van der Waals surface area contributed by atoms with Gasteiger partial charge in [0.1, 0.15) is 0 Å². The van der Waals surface area contributed by atoms with Crippen molar-refractivity contribution in [2.45, 2.75) is 53.6 Å². The van der Waals surface area contributed by atoms with Gasteiger partial charge in [0.25, 0.3) is 0 Å². The van der Waals surface area contributed by atoms with Crippen LogP contribution in [-0.4, -0.2) is 28.4 Å². The zero-order chi connectivity index (χ0) is 19.1. The van der Waals surface area contributed by atoms with Gasteiger partial charge in [-0.25, -0.2) is 4.79 Å². The molecule has 5 heteroatoms. The largest absolute Gasteiger partial charge is 0.462 e. The molecule has 140 valence electrons. The molecule has 0 saturated heterocycles. The molecule has 2 rings (SSSR count). The number of carbonyl (C=O) groups excluding carboxylic acids is 2. The van der Waals surface area contributed by atoms with Gasteiger partial charge in [-0.15, -0.1) is 0 Å². The molecular weight excluding hydrogens is 328 g/mol. The summed E-state index contributed by atoms with van der Waals surface area (Å²) in [7, 11) is 0. The van der Waals surface area contributed by atoms with E-state index in [9.17, 15) is 9.59 Å². The number of carbonyl (C=O) groups is 2. The fourth-order valence-electron chi connectivity index (χ4n) is 3.08. The molecular formula is C21H28N2O3. The van der Waals surface area contributed by atoms with Crippen LogP contribution in [0, 0.1) is 13.8 Å². The van der Waals surface area contributed by atoms with Gasteiger partial charge in [0.2, 0.25) is 5.91 Å². The minimum absolute atomic E-state index is 0.112. The van der Waals surface area contributed by atoms with Crippen LogP contribution >= 0.6 is 0 Å². The summed E-state index contributed by atoms with van der Waals surface area (Å²) >= 11 is 0. The minimum Gasteiger partial charge on any atom is -0.462 e. The van der Waals surface area contributed by atoms with Gasteiger partial charge < -0.3 is 14.6 Å². The third kappa shape index (κ3) is 4.75. The Morgan fingerprint density at radius 3 is 2.38 bits per heavy atom. The highest BCUT2D eigenvalue weighted by atomic mass is 16.5. The van der Waals surface area contributed by atoms with Crippen LogP contribution in [0.2, 0.25) is 0 Å². The molecule has 0 aliphatic rings. The van der Waals surface area contributed by atoms with Crippen molar-refractivity contribution in [2.24, 2.45) is 0 Å². The van der Waals surface area contributed by atoms with Gasteiger partial charge in [0, 0.05) is 24.4 Å². The Kier molecular flexibility index (Phi) is 7.01. The molecule has 2 aromatic rings. The second-order valence-electron chi connectivity index (χ2n) is 6.43. The summed E-state index contributed by atoms with van der Waals surface area (Å²) in [5.41, 5.74) is 4.17. The Morgan fingerprint density at radius 2 is 1.77 bits per heavy atom. The highest BCUT2D eigenvalue weighted by molar-refractivity contribution is 5.92. The first kappa shape index (κ1) is 19.8. The van der Waals surface area contributed by atoms with Gasteiger partial charge in [-0.2, -0.15) is 0 Å². The molecule has 0 spiro atoms. The smallest absolute Gasteiger partial charge is 0.340 e. The summed E-state index contributed by atoms with van der Waals surface area (Å²) in [5.74, 6) is -0.208. The first-order valence-electron chi connectivity index (χ1n) is 9.14. The number of nitrogens with one attached hydrogen (secondary N) is 1. The lowest BCUT2D eigenvalue weighted by Gasteiger charge is -2.23. The van der Waals surface area contributed by atoms with Crippen LogP contribution in [0.5, 0.6) is 0 Å². The Bertz CT molecular complexity index is 750. The van der Waals surface area contributed by atoms with Gasteiger partial charge >= 0.3 is 5.97 Å². The summed E-state index contributed by atoms with van der Waals surface area (Å²) in [6.45, 7) is 8.88. The van der Waals surface area contributed by atoms with Crippen molar-refractivity contribution >= 4 is 11.9 Å². The average molecular weight is 356 g/mol. The summed E-state index contributed by atoms with van der Waals surface area (Å²) in [6.07, 6.45) is 1.32. The normalized spacial score (nSPS) is 10.6. The molecule has 0 saturated carbocycles. The van der Waals surface area contributed by atoms with E-state index in [4.69, 9.17) is 4.74 Å². The van der Waals surface area contributed by atoms with Crippen LogP contribution in [0.4, 0.5) is 0 Å². The Morgan fingerprint density at radius 1 is 1.08 bits per heavy atom. The zero-order valence-corrected chi connectivity index (χ0v) is 16.1. The molecule has 0 aliphatic heterocycles. The second kappa shape index (κ2) is 9.22. The molecule has 1 amide bonds. The molecule has 1 aromatic carbocycles. The van der Waals surface area contributed by atoms with Crippen molar-refractivity contribution in [3.05, 3.63) is 58.4 Å². The number of hydrogen-bond donors (Lipinski definition) is 1. The number of hydrogen-bond acceptors (Lipinski definition) is 3. The first-order valence-corrected chi connectivity index (χ1v) is 9.14. The van der Waals surface area contributed by atoms with Gasteiger partial charge in [0.15, 0.2) is 0 Å². The molecule has 0 aliphatic carbocycles. The summed E-state index contributed by atoms with van der Waals surface area (Å²) < 4.78 is 5.15. The van der Waals surface area contributed by atoms with Crippen LogP contribution < -0.4 is 0 Å². The van der Waals surface area contributed by atoms with E-state index in [1.807, 2.05) is 56.0 Å². The molecule has 0 atom stereocenters. The molecule has 0 unspecified atom stereocenters. The molecule has 0 bridgehead atoms. The van der Waals surface area contributed by atoms with E-state index in [2.05, 4.69) is 4.98 Å². The van der Waals surface area contributed by atoms with Crippen LogP contribution in [0.25, 0.3) is 0 Å². The third-order valence-corrected chi connectivity index (χ3v) is 4.40. The number of rotatable bonds is 8. The summed E-state index contributed by atoms with van der Waals surface area (Å²) in [6, 6.07) is 9.94. The minimum atomic E-state index is -0.320. The predicted octanol–water partition coefficient (Wildman–Crippen LogP) is 4.14. The Hall–Kier alpha value is -2.56. The lowest BCUT2D eigenvalue weighted by molar-refractivity contribution is -0.132. The van der Waals surface area contributed by atoms with Gasteiger partial charge in [-0.05, 0) is 38.3 Å². The van der Waals surface area contributed by atoms with E-state index in [1.54, 1.807) is 6.92 Å². The van der Waals surface area contributed by atoms with Crippen molar-refractivity contribution in [3.63, 3.8) is 0 Å². The van der Waals surface area contributed by atoms with Crippen LogP contribution in [0.15, 0.2) is 30.3 Å². The Balaban J connectivity index is 2.26. The first-order chi connectivity index (χ1) is 12.5. The molecule has 26 heavy (non-hydrogen) atoms. The number of aromatic nitrogens is 1. The topological polar surface area (TPSA) is 62.4 Å². The Labute approximate surface area is 155 Å². The van der Waals surface area contributed by atoms with E-state index in [0.717, 1.165) is 28.9 Å². The van der Waals surface area contributed by atoms with Gasteiger partial charge in [0.05, 0.1) is 18.7 Å². The number of esters is 1. The number of ether oxygens (including phenoxy) is 1.